The zero-order valence-electron chi connectivity index (χ0n) is 16.8. The summed E-state index contributed by atoms with van der Waals surface area (Å²) < 4.78 is 5.28. The van der Waals surface area contributed by atoms with Crippen molar-refractivity contribution >= 4 is 30.1 Å². The van der Waals surface area contributed by atoms with Crippen LogP contribution >= 0.6 is 12.4 Å². The summed E-state index contributed by atoms with van der Waals surface area (Å²) in [7, 11) is 3.84. The van der Waals surface area contributed by atoms with Crippen molar-refractivity contribution in [2.24, 2.45) is 0 Å². The lowest BCUT2D eigenvalue weighted by molar-refractivity contribution is -0.113. The molecule has 2 unspecified atom stereocenters. The Morgan fingerprint density at radius 3 is 2.48 bits per heavy atom. The second-order valence-corrected chi connectivity index (χ2v) is 7.44. The van der Waals surface area contributed by atoms with Gasteiger partial charge in [-0.05, 0) is 61.9 Å². The van der Waals surface area contributed by atoms with Gasteiger partial charge in [-0.2, -0.15) is 0 Å². The van der Waals surface area contributed by atoms with Gasteiger partial charge >= 0.3 is 0 Å². The van der Waals surface area contributed by atoms with Crippen LogP contribution in [0, 0.1) is 0 Å². The predicted octanol–water partition coefficient (Wildman–Crippen LogP) is 4.91. The first-order valence-electron chi connectivity index (χ1n) is 9.79. The van der Waals surface area contributed by atoms with Crippen molar-refractivity contribution < 1.29 is 9.53 Å². The fourth-order valence-corrected chi connectivity index (χ4v) is 4.16. The highest BCUT2D eigenvalue weighted by Crippen LogP contribution is 2.36. The summed E-state index contributed by atoms with van der Waals surface area (Å²) in [4.78, 5) is 17.5. The van der Waals surface area contributed by atoms with E-state index >= 15 is 0 Å². The minimum absolute atomic E-state index is 0. The van der Waals surface area contributed by atoms with Crippen LogP contribution in [0.25, 0.3) is 6.08 Å². The Balaban J connectivity index is 0.00000240. The smallest absolute Gasteiger partial charge is 0.255 e. The van der Waals surface area contributed by atoms with Gasteiger partial charge in [0.05, 0.1) is 7.11 Å². The van der Waals surface area contributed by atoms with Crippen LogP contribution in [0.4, 0.5) is 5.69 Å². The van der Waals surface area contributed by atoms with Crippen LogP contribution < -0.4 is 9.64 Å². The van der Waals surface area contributed by atoms with E-state index in [9.17, 15) is 4.79 Å². The van der Waals surface area contributed by atoms with Crippen molar-refractivity contribution in [1.29, 1.82) is 0 Å². The molecule has 2 aliphatic heterocycles. The number of anilines is 1. The van der Waals surface area contributed by atoms with E-state index in [0.717, 1.165) is 35.5 Å². The second kappa shape index (κ2) is 9.29. The van der Waals surface area contributed by atoms with Crippen LogP contribution in [0.2, 0.25) is 0 Å². The van der Waals surface area contributed by atoms with Crippen molar-refractivity contribution in [1.82, 2.24) is 4.90 Å². The molecule has 29 heavy (non-hydrogen) atoms. The first-order valence-corrected chi connectivity index (χ1v) is 9.79. The first-order chi connectivity index (χ1) is 13.7. The first kappa shape index (κ1) is 21.2. The zero-order chi connectivity index (χ0) is 19.5. The Labute approximate surface area is 178 Å². The molecular formula is C24H27ClN2O2. The average Bonchev–Trinajstić information content (AvgIpc) is 2.94. The Bertz CT molecular complexity index is 893. The number of carbonyl (C=O) groups excluding carboxylic acids is 1. The fourth-order valence-electron chi connectivity index (χ4n) is 4.16. The van der Waals surface area contributed by atoms with Gasteiger partial charge in [-0.25, -0.2) is 0 Å². The Morgan fingerprint density at radius 1 is 1.10 bits per heavy atom. The van der Waals surface area contributed by atoms with Gasteiger partial charge in [0.2, 0.25) is 0 Å². The molecular weight excluding hydrogens is 384 g/mol. The molecule has 0 radical (unpaired) electrons. The quantitative estimate of drug-likeness (QED) is 0.656. The zero-order valence-corrected chi connectivity index (χ0v) is 17.6. The minimum Gasteiger partial charge on any atom is -0.497 e. The van der Waals surface area contributed by atoms with E-state index < -0.39 is 0 Å². The topological polar surface area (TPSA) is 32.8 Å². The van der Waals surface area contributed by atoms with E-state index in [1.807, 2.05) is 65.6 Å². The maximum absolute atomic E-state index is 13.2. The summed E-state index contributed by atoms with van der Waals surface area (Å²) in [6, 6.07) is 18.6. The van der Waals surface area contributed by atoms with Crippen LogP contribution in [0.15, 0.2) is 72.4 Å². The molecule has 2 aliphatic rings. The molecule has 1 amide bonds. The number of hydrogen-bond acceptors (Lipinski definition) is 3. The van der Waals surface area contributed by atoms with Crippen molar-refractivity contribution in [2.45, 2.75) is 31.3 Å². The largest absolute Gasteiger partial charge is 0.497 e. The molecule has 0 saturated carbocycles. The third kappa shape index (κ3) is 4.55. The van der Waals surface area contributed by atoms with Crippen molar-refractivity contribution in [2.75, 3.05) is 19.1 Å². The number of ether oxygens (including phenoxy) is 1. The number of fused-ring (bicyclic) bond motifs is 2. The summed E-state index contributed by atoms with van der Waals surface area (Å²) in [5.41, 5.74) is 2.99. The number of halogens is 1. The van der Waals surface area contributed by atoms with E-state index in [4.69, 9.17) is 4.74 Å². The number of hydrogen-bond donors (Lipinski definition) is 0. The monoisotopic (exact) mass is 410 g/mol. The van der Waals surface area contributed by atoms with Gasteiger partial charge in [-0.1, -0.05) is 30.3 Å². The van der Waals surface area contributed by atoms with Crippen LogP contribution in [0.5, 0.6) is 5.75 Å². The molecule has 4 nitrogen and oxygen atoms in total. The van der Waals surface area contributed by atoms with Gasteiger partial charge in [-0.3, -0.25) is 14.6 Å². The SMILES string of the molecule is COc1ccc(N(C(=O)/C=C/c2ccccc2)C2=CC3CCC(C2)N3C)cc1.Cl. The van der Waals surface area contributed by atoms with Gasteiger partial charge < -0.3 is 4.74 Å². The molecule has 2 heterocycles. The molecule has 0 spiro atoms. The molecule has 4 rings (SSSR count). The number of amides is 1. The molecule has 152 valence electrons. The summed E-state index contributed by atoms with van der Waals surface area (Å²) >= 11 is 0. The van der Waals surface area contributed by atoms with E-state index in [0.29, 0.717) is 12.1 Å². The van der Waals surface area contributed by atoms with Gasteiger partial charge in [0.15, 0.2) is 0 Å². The Morgan fingerprint density at radius 2 is 1.83 bits per heavy atom. The number of nitrogens with zero attached hydrogens (tertiary/aromatic N) is 2. The molecule has 0 aromatic heterocycles. The van der Waals surface area contributed by atoms with Crippen molar-refractivity contribution in [3.05, 3.63) is 78.0 Å². The van der Waals surface area contributed by atoms with Crippen LogP contribution in [-0.4, -0.2) is 37.0 Å². The second-order valence-electron chi connectivity index (χ2n) is 7.44. The third-order valence-corrected chi connectivity index (χ3v) is 5.78. The van der Waals surface area contributed by atoms with Crippen molar-refractivity contribution in [3.63, 3.8) is 0 Å². The van der Waals surface area contributed by atoms with Gasteiger partial charge in [0.25, 0.3) is 5.91 Å². The lowest BCUT2D eigenvalue weighted by atomic mass is 10.0. The molecule has 2 aromatic rings. The number of likely N-dealkylation sites (N-methyl/N-ethyl adjacent to an activating group) is 1. The molecule has 2 bridgehead atoms. The number of methoxy groups -OCH3 is 1. The standard InChI is InChI=1S/C24H26N2O2.ClH/c1-25-20-9-10-21(25)17-22(16-20)26(19-11-13-23(28-2)14-12-19)24(27)15-8-18-6-4-3-5-7-18;/h3-8,11-16,20-21H,9-10,17H2,1-2H3;1H/b15-8+;. The normalized spacial score (nSPS) is 20.8. The molecule has 1 fully saturated rings. The Kier molecular flexibility index (Phi) is 6.78. The summed E-state index contributed by atoms with van der Waals surface area (Å²) in [5.74, 6) is 0.762. The highest BCUT2D eigenvalue weighted by Gasteiger charge is 2.36. The highest BCUT2D eigenvalue weighted by molar-refractivity contribution is 6.06. The molecule has 2 aromatic carbocycles. The predicted molar refractivity (Wildman–Crippen MR) is 120 cm³/mol. The van der Waals surface area contributed by atoms with E-state index in [1.54, 1.807) is 13.2 Å². The number of carbonyl (C=O) groups is 1. The molecule has 5 heteroatoms. The lowest BCUT2D eigenvalue weighted by Gasteiger charge is -2.35. The van der Waals surface area contributed by atoms with Crippen LogP contribution in [0.3, 0.4) is 0 Å². The highest BCUT2D eigenvalue weighted by atomic mass is 35.5. The van der Waals surface area contributed by atoms with E-state index in [-0.39, 0.29) is 18.3 Å². The molecule has 2 atom stereocenters. The van der Waals surface area contributed by atoms with Gasteiger partial charge in [-0.15, -0.1) is 12.4 Å². The number of benzene rings is 2. The summed E-state index contributed by atoms with van der Waals surface area (Å²) in [6.45, 7) is 0. The maximum atomic E-state index is 13.2. The summed E-state index contributed by atoms with van der Waals surface area (Å²) in [6.07, 6.45) is 9.05. The maximum Gasteiger partial charge on any atom is 0.255 e. The fraction of sp³-hybridized carbons (Fsp3) is 0.292. The average molecular weight is 411 g/mol. The lowest BCUT2D eigenvalue weighted by Crippen LogP contribution is -2.40. The molecule has 0 N–H and O–H groups in total. The van der Waals surface area contributed by atoms with Crippen molar-refractivity contribution in [3.8, 4) is 5.75 Å². The minimum atomic E-state index is -0.0239. The van der Waals surface area contributed by atoms with Gasteiger partial charge in [0.1, 0.15) is 5.75 Å². The molecule has 1 saturated heterocycles. The Hall–Kier alpha value is -2.56. The third-order valence-electron chi connectivity index (χ3n) is 5.78. The van der Waals surface area contributed by atoms with E-state index in [1.165, 1.54) is 6.42 Å². The van der Waals surface area contributed by atoms with Gasteiger partial charge in [0, 0.05) is 36.0 Å². The molecule has 0 aliphatic carbocycles. The van der Waals surface area contributed by atoms with Crippen LogP contribution in [0.1, 0.15) is 24.8 Å². The van der Waals surface area contributed by atoms with E-state index in [2.05, 4.69) is 18.0 Å². The summed E-state index contributed by atoms with van der Waals surface area (Å²) in [5, 5.41) is 0. The van der Waals surface area contributed by atoms with Crippen LogP contribution in [-0.2, 0) is 4.79 Å². The number of rotatable bonds is 5.